The molecule has 2 atom stereocenters. The highest BCUT2D eigenvalue weighted by Gasteiger charge is 2.44. The number of carbonyl (C=O) groups is 4. The Morgan fingerprint density at radius 3 is 2.52 bits per heavy atom. The van der Waals surface area contributed by atoms with Crippen molar-refractivity contribution in [1.82, 2.24) is 20.5 Å². The molecule has 3 aromatic carbocycles. The van der Waals surface area contributed by atoms with Gasteiger partial charge in [0.1, 0.15) is 11.4 Å². The predicted octanol–water partition coefficient (Wildman–Crippen LogP) is 5.46. The molecule has 4 aliphatic rings. The van der Waals surface area contributed by atoms with Crippen LogP contribution in [0.15, 0.2) is 48.5 Å². The number of hydrogen-bond donors (Lipinski definition) is 4. The first-order valence-electron chi connectivity index (χ1n) is 18.2. The molecule has 266 valence electrons. The number of aryl methyl sites for hydroxylation is 1. The second-order valence-corrected chi connectivity index (χ2v) is 15.5. The summed E-state index contributed by atoms with van der Waals surface area (Å²) in [5, 5.41) is 15.9. The van der Waals surface area contributed by atoms with E-state index in [1.54, 1.807) is 6.07 Å². The summed E-state index contributed by atoms with van der Waals surface area (Å²) in [7, 11) is 0. The first kappa shape index (κ1) is 34.2. The van der Waals surface area contributed by atoms with Crippen LogP contribution in [0.1, 0.15) is 112 Å². The van der Waals surface area contributed by atoms with E-state index < -0.39 is 22.7 Å². The molecule has 3 N–H and O–H groups in total. The Bertz CT molecular complexity index is 2230. The molecule has 1 aromatic heterocycles. The van der Waals surface area contributed by atoms with Crippen molar-refractivity contribution in [1.29, 1.82) is 5.26 Å². The Labute approximate surface area is 308 Å². The number of amides is 3. The lowest BCUT2D eigenvalue weighted by Gasteiger charge is -2.38. The van der Waals surface area contributed by atoms with E-state index in [4.69, 9.17) is 0 Å². The number of hydrogen-bond acceptors (Lipinski definition) is 8. The Hall–Kier alpha value is -4.92. The molecule has 0 spiro atoms. The predicted molar refractivity (Wildman–Crippen MR) is 202 cm³/mol. The van der Waals surface area contributed by atoms with Gasteiger partial charge in [-0.05, 0) is 91.2 Å². The van der Waals surface area contributed by atoms with Gasteiger partial charge in [0.25, 0.3) is 5.91 Å². The first-order chi connectivity index (χ1) is 25.0. The van der Waals surface area contributed by atoms with Gasteiger partial charge in [0, 0.05) is 64.4 Å². The van der Waals surface area contributed by atoms with Crippen LogP contribution in [0.3, 0.4) is 0 Å². The van der Waals surface area contributed by atoms with Crippen molar-refractivity contribution < 1.29 is 19.2 Å². The summed E-state index contributed by atoms with van der Waals surface area (Å²) in [5.74, 6) is -0.933. The SMILES string of the molecule is CCc1cc2c(cc1N1CCC(NCCc3ccc4c(c3)C(=O)N(C3CCC(=O)NC3=O)C4S)CC1)C(C)(C)c1[nH]c3cc(C#N)ccc3c1C2=O. The number of rotatable bonds is 7. The van der Waals surface area contributed by atoms with Crippen LogP contribution in [0.4, 0.5) is 5.69 Å². The zero-order chi connectivity index (χ0) is 36.5. The standard InChI is InChI=1S/C41H42N6O4S/c1-4-24-19-29-30(41(2,3)37-35(36(29)49)27-8-6-23(21-42)18-31(27)44-37)20-33(24)46-15-12-25(13-16-46)43-14-11-22-5-7-26-28(17-22)39(51)47(40(26)52)32-9-10-34(48)45-38(32)50/h5-8,17-20,25,32,40,43-44,52H,4,9-16H2,1-3H3,(H,45,48,50). The van der Waals surface area contributed by atoms with Gasteiger partial charge in [-0.2, -0.15) is 5.26 Å². The second kappa shape index (κ2) is 12.9. The van der Waals surface area contributed by atoms with Crippen LogP contribution in [0.5, 0.6) is 0 Å². The molecule has 8 rings (SSSR count). The van der Waals surface area contributed by atoms with E-state index in [0.29, 0.717) is 29.2 Å². The van der Waals surface area contributed by atoms with E-state index in [-0.39, 0.29) is 24.0 Å². The number of H-pyrrole nitrogens is 1. The number of aromatic amines is 1. The number of carbonyl (C=O) groups excluding carboxylic acids is 4. The number of fused-ring (bicyclic) bond motifs is 5. The number of ketones is 1. The molecule has 2 fully saturated rings. The first-order valence-corrected chi connectivity index (χ1v) is 18.8. The summed E-state index contributed by atoms with van der Waals surface area (Å²) < 4.78 is 0. The van der Waals surface area contributed by atoms with Crippen LogP contribution in [0.25, 0.3) is 10.9 Å². The number of piperidine rings is 2. The van der Waals surface area contributed by atoms with Gasteiger partial charge >= 0.3 is 0 Å². The Morgan fingerprint density at radius 1 is 1.00 bits per heavy atom. The molecular weight excluding hydrogens is 673 g/mol. The molecule has 1 aliphatic carbocycles. The molecule has 2 saturated heterocycles. The minimum Gasteiger partial charge on any atom is -0.371 e. The third-order valence-electron chi connectivity index (χ3n) is 11.6. The fourth-order valence-electron chi connectivity index (χ4n) is 8.73. The number of anilines is 1. The average molecular weight is 715 g/mol. The van der Waals surface area contributed by atoms with Gasteiger partial charge in [-0.1, -0.05) is 39.0 Å². The van der Waals surface area contributed by atoms with Crippen molar-refractivity contribution in [2.24, 2.45) is 0 Å². The van der Waals surface area contributed by atoms with Crippen LogP contribution >= 0.6 is 12.6 Å². The lowest BCUT2D eigenvalue weighted by atomic mass is 9.70. The topological polar surface area (TPSA) is 138 Å². The van der Waals surface area contributed by atoms with Gasteiger partial charge in [0.05, 0.1) is 17.2 Å². The quantitative estimate of drug-likeness (QED) is 0.147. The lowest BCUT2D eigenvalue weighted by Crippen LogP contribution is -2.53. The highest BCUT2D eigenvalue weighted by atomic mass is 32.1. The van der Waals surface area contributed by atoms with Gasteiger partial charge < -0.3 is 20.1 Å². The number of thiol groups is 1. The zero-order valence-corrected chi connectivity index (χ0v) is 30.5. The number of benzene rings is 3. The minimum atomic E-state index is -0.702. The summed E-state index contributed by atoms with van der Waals surface area (Å²) in [6.45, 7) is 9.07. The highest BCUT2D eigenvalue weighted by molar-refractivity contribution is 7.80. The normalized spacial score (nSPS) is 21.2. The van der Waals surface area contributed by atoms with Gasteiger partial charge in [-0.25, -0.2) is 0 Å². The lowest BCUT2D eigenvalue weighted by molar-refractivity contribution is -0.137. The minimum absolute atomic E-state index is 0.0363. The number of aromatic nitrogens is 1. The molecule has 10 nitrogen and oxygen atoms in total. The van der Waals surface area contributed by atoms with Gasteiger partial charge in [0.2, 0.25) is 11.8 Å². The van der Waals surface area contributed by atoms with E-state index in [1.807, 2.05) is 30.3 Å². The maximum atomic E-state index is 14.1. The fraction of sp³-hybridized carbons (Fsp3) is 0.390. The molecular formula is C41H42N6O4S. The third kappa shape index (κ3) is 5.51. The molecule has 0 saturated carbocycles. The zero-order valence-electron chi connectivity index (χ0n) is 29.6. The van der Waals surface area contributed by atoms with E-state index in [1.165, 1.54) is 16.2 Å². The summed E-state index contributed by atoms with van der Waals surface area (Å²) in [6, 6.07) is 17.6. The molecule has 52 heavy (non-hydrogen) atoms. The average Bonchev–Trinajstić information content (AvgIpc) is 3.65. The van der Waals surface area contributed by atoms with E-state index in [2.05, 4.69) is 72.1 Å². The highest BCUT2D eigenvalue weighted by Crippen LogP contribution is 2.46. The van der Waals surface area contributed by atoms with Crippen LogP contribution < -0.4 is 15.5 Å². The molecule has 2 unspecified atom stereocenters. The van der Waals surface area contributed by atoms with E-state index in [0.717, 1.165) is 84.2 Å². The molecule has 4 heterocycles. The summed E-state index contributed by atoms with van der Waals surface area (Å²) in [5.41, 5.74) is 9.15. The number of nitriles is 1. The Kier molecular flexibility index (Phi) is 8.50. The van der Waals surface area contributed by atoms with Crippen LogP contribution in [-0.4, -0.2) is 65.1 Å². The summed E-state index contributed by atoms with van der Waals surface area (Å²) in [4.78, 5) is 59.1. The van der Waals surface area contributed by atoms with Crippen LogP contribution in [0, 0.1) is 11.3 Å². The van der Waals surface area contributed by atoms with Gasteiger partial charge in [-0.3, -0.25) is 24.5 Å². The van der Waals surface area contributed by atoms with Crippen molar-refractivity contribution in [3.8, 4) is 6.07 Å². The van der Waals surface area contributed by atoms with Crippen molar-refractivity contribution >= 4 is 52.7 Å². The van der Waals surface area contributed by atoms with Crippen molar-refractivity contribution in [3.63, 3.8) is 0 Å². The third-order valence-corrected chi connectivity index (χ3v) is 12.2. The molecule has 4 aromatic rings. The maximum Gasteiger partial charge on any atom is 0.256 e. The summed E-state index contributed by atoms with van der Waals surface area (Å²) in [6.07, 6.45) is 4.07. The number of nitrogens with zero attached hydrogens (tertiary/aromatic N) is 3. The molecule has 3 amide bonds. The van der Waals surface area contributed by atoms with Crippen LogP contribution in [-0.2, 0) is 27.8 Å². The number of nitrogens with one attached hydrogen (secondary N) is 3. The second-order valence-electron chi connectivity index (χ2n) is 15.0. The maximum absolute atomic E-state index is 14.1. The molecule has 3 aliphatic heterocycles. The van der Waals surface area contributed by atoms with Crippen molar-refractivity contribution in [3.05, 3.63) is 98.7 Å². The molecule has 0 radical (unpaired) electrons. The smallest absolute Gasteiger partial charge is 0.256 e. The molecule has 0 bridgehead atoms. The van der Waals surface area contributed by atoms with Crippen LogP contribution in [0.2, 0.25) is 0 Å². The van der Waals surface area contributed by atoms with Gasteiger partial charge in [0.15, 0.2) is 5.78 Å². The molecule has 11 heteroatoms. The Morgan fingerprint density at radius 2 is 1.79 bits per heavy atom. The number of imide groups is 1. The van der Waals surface area contributed by atoms with E-state index in [9.17, 15) is 24.4 Å². The monoisotopic (exact) mass is 714 g/mol. The van der Waals surface area contributed by atoms with Crippen molar-refractivity contribution in [2.45, 2.75) is 82.2 Å². The van der Waals surface area contributed by atoms with E-state index >= 15 is 0 Å². The van der Waals surface area contributed by atoms with Gasteiger partial charge in [-0.15, -0.1) is 12.6 Å². The summed E-state index contributed by atoms with van der Waals surface area (Å²) >= 11 is 4.68. The largest absolute Gasteiger partial charge is 0.371 e. The Balaban J connectivity index is 0.923. The fourth-order valence-corrected chi connectivity index (χ4v) is 9.22. The van der Waals surface area contributed by atoms with Crippen molar-refractivity contribution in [2.75, 3.05) is 24.5 Å².